The van der Waals surface area contributed by atoms with Crippen LogP contribution in [0.4, 0.5) is 11.4 Å². The highest BCUT2D eigenvalue weighted by Crippen LogP contribution is 2.28. The molecule has 15 heavy (non-hydrogen) atoms. The van der Waals surface area contributed by atoms with Crippen molar-refractivity contribution in [3.8, 4) is 0 Å². The summed E-state index contributed by atoms with van der Waals surface area (Å²) in [6, 6.07) is 4.77. The molecule has 6 heteroatoms. The van der Waals surface area contributed by atoms with Crippen molar-refractivity contribution < 1.29 is 8.42 Å². The highest BCUT2D eigenvalue weighted by atomic mass is 32.2. The van der Waals surface area contributed by atoms with Crippen LogP contribution in [-0.4, -0.2) is 28.8 Å². The number of hydrogen-bond acceptors (Lipinski definition) is 5. The average molecular weight is 227 g/mol. The molecule has 1 aromatic carbocycles. The first-order chi connectivity index (χ1) is 6.86. The van der Waals surface area contributed by atoms with Crippen LogP contribution in [0.25, 0.3) is 0 Å². The maximum absolute atomic E-state index is 11.4. The Kier molecular flexibility index (Phi) is 3.09. The number of hydrogen-bond donors (Lipinski definition) is 1. The fourth-order valence-electron chi connectivity index (χ4n) is 1.17. The van der Waals surface area contributed by atoms with Gasteiger partial charge >= 0.3 is 0 Å². The summed E-state index contributed by atoms with van der Waals surface area (Å²) in [5.41, 5.74) is 7.83. The predicted molar refractivity (Wildman–Crippen MR) is 58.7 cm³/mol. The summed E-state index contributed by atoms with van der Waals surface area (Å²) < 4.78 is 22.9. The molecule has 0 atom stereocenters. The molecule has 82 valence electrons. The SMILES string of the molecule is CN(C)c1ccc(N=N)c(S(C)(=O)=O)c1. The van der Waals surface area contributed by atoms with Gasteiger partial charge in [0.1, 0.15) is 5.69 Å². The Balaban J connectivity index is 3.46. The fourth-order valence-corrected chi connectivity index (χ4v) is 2.00. The summed E-state index contributed by atoms with van der Waals surface area (Å²) in [7, 11) is 0.295. The van der Waals surface area contributed by atoms with E-state index in [1.165, 1.54) is 12.1 Å². The van der Waals surface area contributed by atoms with Crippen LogP contribution in [0, 0.1) is 5.53 Å². The standard InChI is InChI=1S/C9H13N3O2S/c1-12(2)7-4-5-8(11-10)9(6-7)15(3,13)14/h4-6,10H,1-3H3. The van der Waals surface area contributed by atoms with E-state index in [0.717, 1.165) is 11.9 Å². The molecule has 0 aliphatic rings. The summed E-state index contributed by atoms with van der Waals surface area (Å²) in [4.78, 5) is 1.88. The largest absolute Gasteiger partial charge is 0.378 e. The number of rotatable bonds is 3. The van der Waals surface area contributed by atoms with Crippen molar-refractivity contribution in [3.05, 3.63) is 18.2 Å². The summed E-state index contributed by atoms with van der Waals surface area (Å²) in [5.74, 6) is 0. The molecule has 1 aromatic rings. The van der Waals surface area contributed by atoms with Crippen LogP contribution in [0.5, 0.6) is 0 Å². The normalized spacial score (nSPS) is 11.1. The maximum atomic E-state index is 11.4. The number of benzene rings is 1. The lowest BCUT2D eigenvalue weighted by Gasteiger charge is -2.13. The van der Waals surface area contributed by atoms with Gasteiger partial charge in [0.15, 0.2) is 9.84 Å². The Bertz CT molecular complexity index is 480. The van der Waals surface area contributed by atoms with Crippen LogP contribution in [0.2, 0.25) is 0 Å². The van der Waals surface area contributed by atoms with E-state index in [4.69, 9.17) is 5.53 Å². The lowest BCUT2D eigenvalue weighted by atomic mass is 10.3. The molecule has 0 amide bonds. The summed E-state index contributed by atoms with van der Waals surface area (Å²) in [6.45, 7) is 0. The van der Waals surface area contributed by atoms with E-state index in [-0.39, 0.29) is 10.6 Å². The van der Waals surface area contributed by atoms with Gasteiger partial charge in [-0.3, -0.25) is 0 Å². The van der Waals surface area contributed by atoms with Gasteiger partial charge in [-0.15, -0.1) is 0 Å². The number of anilines is 1. The lowest BCUT2D eigenvalue weighted by molar-refractivity contribution is 0.602. The molecule has 0 aromatic heterocycles. The molecule has 0 radical (unpaired) electrons. The Morgan fingerprint density at radius 3 is 2.33 bits per heavy atom. The van der Waals surface area contributed by atoms with Gasteiger partial charge in [-0.25, -0.2) is 13.9 Å². The Morgan fingerprint density at radius 1 is 1.33 bits per heavy atom. The zero-order valence-corrected chi connectivity index (χ0v) is 9.67. The van der Waals surface area contributed by atoms with Crippen molar-refractivity contribution >= 4 is 21.2 Å². The molecular formula is C9H13N3O2S. The first-order valence-corrected chi connectivity index (χ1v) is 6.14. The summed E-state index contributed by atoms with van der Waals surface area (Å²) in [6.07, 6.45) is 1.11. The minimum atomic E-state index is -3.34. The van der Waals surface area contributed by atoms with Gasteiger partial charge in [-0.1, -0.05) is 0 Å². The van der Waals surface area contributed by atoms with Crippen molar-refractivity contribution in [2.45, 2.75) is 4.90 Å². The molecule has 5 nitrogen and oxygen atoms in total. The van der Waals surface area contributed by atoms with Crippen LogP contribution in [0.3, 0.4) is 0 Å². The van der Waals surface area contributed by atoms with Gasteiger partial charge in [0, 0.05) is 26.0 Å². The molecule has 1 N–H and O–H groups in total. The maximum Gasteiger partial charge on any atom is 0.177 e. The molecule has 0 bridgehead atoms. The van der Waals surface area contributed by atoms with Crippen LogP contribution >= 0.6 is 0 Å². The quantitative estimate of drug-likeness (QED) is 0.800. The van der Waals surface area contributed by atoms with Gasteiger partial charge in [0.25, 0.3) is 0 Å². The van der Waals surface area contributed by atoms with Gasteiger partial charge in [-0.2, -0.15) is 5.11 Å². The number of sulfone groups is 1. The van der Waals surface area contributed by atoms with E-state index in [1.54, 1.807) is 11.0 Å². The van der Waals surface area contributed by atoms with Gasteiger partial charge in [0.2, 0.25) is 0 Å². The third kappa shape index (κ3) is 2.53. The van der Waals surface area contributed by atoms with Crippen molar-refractivity contribution in [2.24, 2.45) is 5.11 Å². The van der Waals surface area contributed by atoms with E-state index in [2.05, 4.69) is 5.11 Å². The zero-order valence-electron chi connectivity index (χ0n) is 8.85. The van der Waals surface area contributed by atoms with Gasteiger partial charge in [0.05, 0.1) is 4.90 Å². The number of nitrogens with zero attached hydrogens (tertiary/aromatic N) is 2. The van der Waals surface area contributed by atoms with E-state index in [9.17, 15) is 8.42 Å². The first-order valence-electron chi connectivity index (χ1n) is 4.25. The molecule has 0 aliphatic heterocycles. The van der Waals surface area contributed by atoms with E-state index < -0.39 is 9.84 Å². The van der Waals surface area contributed by atoms with Crippen LogP contribution in [-0.2, 0) is 9.84 Å². The molecule has 1 rings (SSSR count). The first kappa shape index (κ1) is 11.6. The van der Waals surface area contributed by atoms with Crippen molar-refractivity contribution in [3.63, 3.8) is 0 Å². The molecule has 0 aliphatic carbocycles. The highest BCUT2D eigenvalue weighted by Gasteiger charge is 2.14. The number of nitrogens with one attached hydrogen (secondary N) is 1. The second kappa shape index (κ2) is 3.98. The summed E-state index contributed by atoms with van der Waals surface area (Å²) in [5, 5.41) is 3.19. The second-order valence-electron chi connectivity index (χ2n) is 3.43. The third-order valence-corrected chi connectivity index (χ3v) is 3.11. The van der Waals surface area contributed by atoms with Gasteiger partial charge < -0.3 is 4.90 Å². The molecule has 0 unspecified atom stereocenters. The molecule has 0 saturated heterocycles. The van der Waals surface area contributed by atoms with Crippen LogP contribution < -0.4 is 4.90 Å². The molecule has 0 saturated carbocycles. The van der Waals surface area contributed by atoms with Crippen molar-refractivity contribution in [2.75, 3.05) is 25.3 Å². The van der Waals surface area contributed by atoms with Crippen molar-refractivity contribution in [1.82, 2.24) is 0 Å². The molecule has 0 spiro atoms. The Hall–Kier alpha value is -1.43. The minimum Gasteiger partial charge on any atom is -0.378 e. The Morgan fingerprint density at radius 2 is 1.93 bits per heavy atom. The van der Waals surface area contributed by atoms with E-state index in [0.29, 0.717) is 0 Å². The second-order valence-corrected chi connectivity index (χ2v) is 5.41. The average Bonchev–Trinajstić information content (AvgIpc) is 2.15. The van der Waals surface area contributed by atoms with Crippen molar-refractivity contribution in [1.29, 1.82) is 5.53 Å². The predicted octanol–water partition coefficient (Wildman–Crippen LogP) is 1.82. The van der Waals surface area contributed by atoms with Crippen LogP contribution in [0.1, 0.15) is 0 Å². The topological polar surface area (TPSA) is 73.6 Å². The highest BCUT2D eigenvalue weighted by molar-refractivity contribution is 7.90. The zero-order chi connectivity index (χ0) is 11.6. The third-order valence-electron chi connectivity index (χ3n) is 1.98. The summed E-state index contributed by atoms with van der Waals surface area (Å²) >= 11 is 0. The minimum absolute atomic E-state index is 0.0868. The Labute approximate surface area is 89.1 Å². The van der Waals surface area contributed by atoms with Gasteiger partial charge in [-0.05, 0) is 18.2 Å². The van der Waals surface area contributed by atoms with Crippen LogP contribution in [0.15, 0.2) is 28.2 Å². The molecule has 0 heterocycles. The lowest BCUT2D eigenvalue weighted by Crippen LogP contribution is -2.09. The fraction of sp³-hybridized carbons (Fsp3) is 0.333. The molecule has 0 fully saturated rings. The van der Waals surface area contributed by atoms with E-state index in [1.807, 2.05) is 14.1 Å². The monoisotopic (exact) mass is 227 g/mol. The molecular weight excluding hydrogens is 214 g/mol. The smallest absolute Gasteiger partial charge is 0.177 e. The van der Waals surface area contributed by atoms with E-state index >= 15 is 0 Å².